The minimum atomic E-state index is -2.39. The molecule has 0 amide bonds. The molecule has 4 heterocycles. The normalized spacial score (nSPS) is 14.0. The zero-order chi connectivity index (χ0) is 29.2. The number of aromatic nitrogens is 5. The predicted molar refractivity (Wildman–Crippen MR) is 151 cm³/mol. The summed E-state index contributed by atoms with van der Waals surface area (Å²) in [5, 5.41) is 4.41. The van der Waals surface area contributed by atoms with Gasteiger partial charge in [-0.05, 0) is 18.6 Å². The molecule has 0 saturated carbocycles. The number of para-hydroxylation sites is 2. The molecule has 0 unspecified atom stereocenters. The number of rotatable bonds is 4. The summed E-state index contributed by atoms with van der Waals surface area (Å²) >= 11 is 2.34. The van der Waals surface area contributed by atoms with E-state index in [2.05, 4.69) is 63.8 Å². The van der Waals surface area contributed by atoms with Crippen LogP contribution in [0.1, 0.15) is 9.68 Å². The summed E-state index contributed by atoms with van der Waals surface area (Å²) in [5.41, 5.74) is 6.45. The molecule has 7 rings (SSSR count). The van der Waals surface area contributed by atoms with Crippen LogP contribution in [0.5, 0.6) is 11.5 Å². The number of pyridine rings is 1. The van der Waals surface area contributed by atoms with Crippen molar-refractivity contribution in [1.82, 2.24) is 23.8 Å². The van der Waals surface area contributed by atoms with Crippen LogP contribution < -0.4 is 9.55 Å². The van der Waals surface area contributed by atoms with Crippen LogP contribution in [0, 0.1) is 10.7 Å². The monoisotopic (exact) mass is 694 g/mol. The fraction of sp³-hybridized carbons (Fsp3) is 0.100. The van der Waals surface area contributed by atoms with Gasteiger partial charge in [-0.2, -0.15) is 5.10 Å². The van der Waals surface area contributed by atoms with Crippen molar-refractivity contribution < 1.29 is 28.2 Å². The minimum absolute atomic E-state index is 0.527. The topological polar surface area (TPSA) is 53.0 Å². The van der Waals surface area contributed by atoms with Gasteiger partial charge in [-0.15, -0.1) is 0 Å². The van der Waals surface area contributed by atoms with Gasteiger partial charge in [0.1, 0.15) is 0 Å². The van der Waals surface area contributed by atoms with E-state index in [9.17, 15) is 0 Å². The molecule has 39 heavy (non-hydrogen) atoms. The van der Waals surface area contributed by atoms with Crippen molar-refractivity contribution in [3.63, 3.8) is 0 Å². The number of anilines is 2. The molecule has 0 fully saturated rings. The Hall–Kier alpha value is -4.16. The number of aryl methyl sites for hydroxylation is 2. The maximum absolute atomic E-state index is 8.45. The molecule has 9 heteroatoms. The van der Waals surface area contributed by atoms with Gasteiger partial charge < -0.3 is 0 Å². The van der Waals surface area contributed by atoms with Crippen LogP contribution >= 0.6 is 0 Å². The van der Waals surface area contributed by atoms with Gasteiger partial charge in [0, 0.05) is 16.5 Å². The van der Waals surface area contributed by atoms with Crippen molar-refractivity contribution in [3.05, 3.63) is 107 Å². The van der Waals surface area contributed by atoms with Crippen molar-refractivity contribution in [3.8, 4) is 28.4 Å². The second-order valence-electron chi connectivity index (χ2n) is 9.50. The van der Waals surface area contributed by atoms with Crippen molar-refractivity contribution in [2.24, 2.45) is 7.05 Å². The average Bonchev–Trinajstić information content (AvgIpc) is 3.55. The first kappa shape index (κ1) is 20.8. The van der Waals surface area contributed by atoms with E-state index >= 15 is 0 Å². The molecule has 0 saturated heterocycles. The molecule has 6 aromatic rings. The molecule has 0 radical (unpaired) electrons. The molecular weight excluding hydrogens is 666 g/mol. The third-order valence-electron chi connectivity index (χ3n) is 7.02. The van der Waals surface area contributed by atoms with Crippen LogP contribution in [0.3, 0.4) is 0 Å². The molecule has 0 N–H and O–H groups in total. The first-order valence-electron chi connectivity index (χ1n) is 14.0. The van der Waals surface area contributed by atoms with E-state index in [4.69, 9.17) is 8.85 Å². The molecular formula is C30H25BN6OPt. The van der Waals surface area contributed by atoms with Crippen LogP contribution in [0.25, 0.3) is 28.0 Å². The third-order valence-corrected chi connectivity index (χ3v) is 8.29. The maximum atomic E-state index is 8.45. The molecule has 7 nitrogen and oxygen atoms in total. The van der Waals surface area contributed by atoms with Crippen molar-refractivity contribution in [2.75, 3.05) is 4.81 Å². The second-order valence-corrected chi connectivity index (χ2v) is 10.5. The first-order valence-corrected chi connectivity index (χ1v) is 13.6. The van der Waals surface area contributed by atoms with Crippen LogP contribution in [0.4, 0.5) is 11.5 Å². The Bertz CT molecular complexity index is 2050. The molecule has 0 spiro atoms. The van der Waals surface area contributed by atoms with E-state index < -0.39 is 13.7 Å². The molecule has 0 atom stereocenters. The molecule has 3 aromatic heterocycles. The summed E-state index contributed by atoms with van der Waals surface area (Å²) in [5.74, 6) is 1.77. The molecule has 3 aromatic carbocycles. The van der Waals surface area contributed by atoms with E-state index in [0.29, 0.717) is 23.0 Å². The summed E-state index contributed by atoms with van der Waals surface area (Å²) in [7, 11) is 2.06. The van der Waals surface area contributed by atoms with Gasteiger partial charge in [0.25, 0.3) is 0 Å². The van der Waals surface area contributed by atoms with Crippen LogP contribution in [0.2, 0.25) is 6.75 Å². The van der Waals surface area contributed by atoms with Gasteiger partial charge in [-0.1, -0.05) is 0 Å². The Morgan fingerprint density at radius 3 is 2.59 bits per heavy atom. The third kappa shape index (κ3) is 3.90. The quantitative estimate of drug-likeness (QED) is 0.197. The number of benzene rings is 3. The van der Waals surface area contributed by atoms with E-state index in [1.54, 1.807) is 21.8 Å². The SMILES string of the molecule is [2H]C([2H])([2H])B1N(c2cc(C)ccn2)c2cc(Oc3cccc(-n4[c](=[Pt])n(C)c5ccccc54)c3)ccc2-c2ccnn21. The fourth-order valence-corrected chi connectivity index (χ4v) is 6.03. The minimum Gasteiger partial charge on any atom is -0.192 e. The Morgan fingerprint density at radius 1 is 0.897 bits per heavy atom. The Labute approximate surface area is 241 Å². The second kappa shape index (κ2) is 9.24. The van der Waals surface area contributed by atoms with Crippen molar-refractivity contribution in [2.45, 2.75) is 13.7 Å². The van der Waals surface area contributed by atoms with E-state index in [1.807, 2.05) is 73.7 Å². The Morgan fingerprint density at radius 2 is 1.74 bits per heavy atom. The number of hydrogen-bond donors (Lipinski definition) is 0. The summed E-state index contributed by atoms with van der Waals surface area (Å²) in [4.78, 5) is 6.31. The number of ether oxygens (including phenoxy) is 1. The smallest absolute Gasteiger partial charge is 0.192 e. The van der Waals surface area contributed by atoms with Crippen LogP contribution in [-0.4, -0.2) is 30.8 Å². The summed E-state index contributed by atoms with van der Waals surface area (Å²) in [6, 6.07) is 27.6. The van der Waals surface area contributed by atoms with E-state index in [-0.39, 0.29) is 0 Å². The number of hydrogen-bond acceptors (Lipinski definition) is 4. The molecule has 194 valence electrons. The Kier molecular flexibility index (Phi) is 4.92. The molecule has 0 bridgehead atoms. The van der Waals surface area contributed by atoms with Gasteiger partial charge in [0.2, 0.25) is 0 Å². The predicted octanol–water partition coefficient (Wildman–Crippen LogP) is 6.52. The molecule has 1 aliphatic heterocycles. The van der Waals surface area contributed by atoms with Gasteiger partial charge in [-0.25, -0.2) is 0 Å². The number of nitrogens with zero attached hydrogens (tertiary/aromatic N) is 6. The summed E-state index contributed by atoms with van der Waals surface area (Å²) < 4.78 is 38.8. The standard InChI is InChI=1S/C30H25BN6O.Pt/c1-21-13-15-32-30(17-21)36-29-19-24(11-12-25(29)26-14-16-33-37(26)31(36)2)38-23-8-6-7-22(18-23)35-20-34(3)27-9-4-5-10-28(27)35;/h4-19H,1-3H3;/i2D3;. The van der Waals surface area contributed by atoms with E-state index in [1.165, 1.54) is 0 Å². The average molecular weight is 694 g/mol. The first-order chi connectivity index (χ1) is 20.2. The Balaban J connectivity index is 1.33. The van der Waals surface area contributed by atoms with E-state index in [0.717, 1.165) is 37.3 Å². The van der Waals surface area contributed by atoms with Crippen LogP contribution in [-0.2, 0) is 26.4 Å². The molecule has 0 aliphatic carbocycles. The summed E-state index contributed by atoms with van der Waals surface area (Å²) in [6.45, 7) is -1.50. The fourth-order valence-electron chi connectivity index (χ4n) is 5.19. The zero-order valence-electron chi connectivity index (χ0n) is 24.2. The van der Waals surface area contributed by atoms with Gasteiger partial charge in [0.05, 0.1) is 0 Å². The van der Waals surface area contributed by atoms with Gasteiger partial charge >= 0.3 is 202 Å². The van der Waals surface area contributed by atoms with Gasteiger partial charge in [0.15, 0.2) is 0 Å². The molecule has 1 aliphatic rings. The van der Waals surface area contributed by atoms with Crippen LogP contribution in [0.15, 0.2) is 97.3 Å². The van der Waals surface area contributed by atoms with Crippen molar-refractivity contribution in [1.29, 1.82) is 0 Å². The van der Waals surface area contributed by atoms with Crippen molar-refractivity contribution >= 4 is 29.5 Å². The number of imidazole rings is 1. The van der Waals surface area contributed by atoms with Gasteiger partial charge in [-0.3, -0.25) is 0 Å². The summed E-state index contributed by atoms with van der Waals surface area (Å²) in [6.07, 6.45) is 3.32. The zero-order valence-corrected chi connectivity index (χ0v) is 23.5. The number of fused-ring (bicyclic) bond motifs is 4.